The molecule has 0 N–H and O–H groups in total. The first-order chi connectivity index (χ1) is 12.4. The molecule has 0 fully saturated rings. The molecule has 2 aromatic carbocycles. The van der Waals surface area contributed by atoms with Gasteiger partial charge in [0.05, 0.1) is 4.90 Å². The average Bonchev–Trinajstić information content (AvgIpc) is 2.66. The summed E-state index contributed by atoms with van der Waals surface area (Å²) in [6.45, 7) is 3.06. The van der Waals surface area contributed by atoms with Gasteiger partial charge < -0.3 is 4.90 Å². The predicted octanol–water partition coefficient (Wildman–Crippen LogP) is 3.38. The second kappa shape index (κ2) is 8.96. The van der Waals surface area contributed by atoms with Crippen molar-refractivity contribution in [1.29, 1.82) is 0 Å². The fourth-order valence-corrected chi connectivity index (χ4v) is 3.75. The fourth-order valence-electron chi connectivity index (χ4n) is 2.59. The Bertz CT molecular complexity index is 818. The Labute approximate surface area is 156 Å². The van der Waals surface area contributed by atoms with E-state index in [0.717, 1.165) is 18.4 Å². The summed E-state index contributed by atoms with van der Waals surface area (Å²) in [5, 5.41) is 0. The summed E-state index contributed by atoms with van der Waals surface area (Å²) in [5.74, 6) is -0.0972. The van der Waals surface area contributed by atoms with Crippen molar-refractivity contribution in [3.05, 3.63) is 65.7 Å². The quantitative estimate of drug-likeness (QED) is 0.712. The summed E-state index contributed by atoms with van der Waals surface area (Å²) >= 11 is 0. The van der Waals surface area contributed by atoms with Crippen molar-refractivity contribution < 1.29 is 13.2 Å². The molecule has 5 nitrogen and oxygen atoms in total. The highest BCUT2D eigenvalue weighted by atomic mass is 32.2. The SMILES string of the molecule is CCCCN(C)C(=O)c1ccc(S(=O)(=O)N(C)Cc2ccccc2)cc1. The molecule has 0 aliphatic rings. The Morgan fingerprint density at radius 1 is 0.962 bits per heavy atom. The summed E-state index contributed by atoms with van der Waals surface area (Å²) in [7, 11) is -0.290. The molecule has 0 radical (unpaired) electrons. The normalized spacial score (nSPS) is 11.5. The number of amides is 1. The van der Waals surface area contributed by atoms with Crippen molar-refractivity contribution in [2.24, 2.45) is 0 Å². The van der Waals surface area contributed by atoms with Crippen molar-refractivity contribution in [3.8, 4) is 0 Å². The Kier molecular flexibility index (Phi) is 6.94. The molecule has 6 heteroatoms. The van der Waals surface area contributed by atoms with Gasteiger partial charge in [0.1, 0.15) is 0 Å². The van der Waals surface area contributed by atoms with Crippen LogP contribution in [0.3, 0.4) is 0 Å². The topological polar surface area (TPSA) is 57.7 Å². The lowest BCUT2D eigenvalue weighted by molar-refractivity contribution is 0.0793. The minimum Gasteiger partial charge on any atom is -0.342 e. The van der Waals surface area contributed by atoms with E-state index in [0.29, 0.717) is 18.7 Å². The first kappa shape index (κ1) is 20.1. The van der Waals surface area contributed by atoms with Crippen LogP contribution in [0.25, 0.3) is 0 Å². The van der Waals surface area contributed by atoms with Crippen LogP contribution in [0.2, 0.25) is 0 Å². The minimum atomic E-state index is -3.61. The van der Waals surface area contributed by atoms with Gasteiger partial charge in [-0.25, -0.2) is 8.42 Å². The lowest BCUT2D eigenvalue weighted by atomic mass is 10.2. The third-order valence-corrected chi connectivity index (χ3v) is 6.07. The van der Waals surface area contributed by atoms with Crippen molar-refractivity contribution in [2.75, 3.05) is 20.6 Å². The van der Waals surface area contributed by atoms with Crippen LogP contribution >= 0.6 is 0 Å². The number of sulfonamides is 1. The van der Waals surface area contributed by atoms with Gasteiger partial charge in [0.25, 0.3) is 5.91 Å². The van der Waals surface area contributed by atoms with Gasteiger partial charge in [-0.3, -0.25) is 4.79 Å². The molecule has 1 amide bonds. The number of nitrogens with zero attached hydrogens (tertiary/aromatic N) is 2. The van der Waals surface area contributed by atoms with Gasteiger partial charge in [-0.15, -0.1) is 0 Å². The van der Waals surface area contributed by atoms with Gasteiger partial charge >= 0.3 is 0 Å². The van der Waals surface area contributed by atoms with Crippen LogP contribution in [0.1, 0.15) is 35.7 Å². The zero-order valence-electron chi connectivity index (χ0n) is 15.6. The Morgan fingerprint density at radius 3 is 2.15 bits per heavy atom. The number of hydrogen-bond acceptors (Lipinski definition) is 3. The van der Waals surface area contributed by atoms with Crippen molar-refractivity contribution in [3.63, 3.8) is 0 Å². The van der Waals surface area contributed by atoms with Crippen molar-refractivity contribution >= 4 is 15.9 Å². The van der Waals surface area contributed by atoms with E-state index in [4.69, 9.17) is 0 Å². The molecule has 0 unspecified atom stereocenters. The van der Waals surface area contributed by atoms with E-state index >= 15 is 0 Å². The molecule has 0 atom stereocenters. The molecule has 0 saturated carbocycles. The third kappa shape index (κ3) is 4.93. The molecule has 0 spiro atoms. The van der Waals surface area contributed by atoms with Crippen LogP contribution in [0.4, 0.5) is 0 Å². The summed E-state index contributed by atoms with van der Waals surface area (Å²) in [6, 6.07) is 15.6. The van der Waals surface area contributed by atoms with Gasteiger partial charge in [-0.05, 0) is 36.2 Å². The van der Waals surface area contributed by atoms with Gasteiger partial charge in [-0.1, -0.05) is 43.7 Å². The maximum absolute atomic E-state index is 12.7. The van der Waals surface area contributed by atoms with Crippen LogP contribution in [0.5, 0.6) is 0 Å². The maximum atomic E-state index is 12.7. The van der Waals surface area contributed by atoms with Gasteiger partial charge in [0.15, 0.2) is 0 Å². The smallest absolute Gasteiger partial charge is 0.253 e. The zero-order chi connectivity index (χ0) is 19.2. The number of carbonyl (C=O) groups is 1. The van der Waals surface area contributed by atoms with E-state index in [9.17, 15) is 13.2 Å². The summed E-state index contributed by atoms with van der Waals surface area (Å²) < 4.78 is 26.8. The third-order valence-electron chi connectivity index (χ3n) is 4.25. The van der Waals surface area contributed by atoms with E-state index in [1.165, 1.54) is 16.4 Å². The average molecular weight is 375 g/mol. The highest BCUT2D eigenvalue weighted by Crippen LogP contribution is 2.18. The van der Waals surface area contributed by atoms with Crippen LogP contribution in [0.15, 0.2) is 59.5 Å². The van der Waals surface area contributed by atoms with Crippen LogP contribution in [0, 0.1) is 0 Å². The highest BCUT2D eigenvalue weighted by Gasteiger charge is 2.21. The van der Waals surface area contributed by atoms with Crippen molar-refractivity contribution in [1.82, 2.24) is 9.21 Å². The van der Waals surface area contributed by atoms with Crippen LogP contribution < -0.4 is 0 Å². The second-order valence-electron chi connectivity index (χ2n) is 6.35. The molecule has 0 bridgehead atoms. The molecule has 2 rings (SSSR count). The molecule has 0 saturated heterocycles. The van der Waals surface area contributed by atoms with Gasteiger partial charge in [-0.2, -0.15) is 4.31 Å². The molecule has 0 aliphatic carbocycles. The minimum absolute atomic E-state index is 0.0972. The molecule has 26 heavy (non-hydrogen) atoms. The van der Waals surface area contributed by atoms with Gasteiger partial charge in [0.2, 0.25) is 10.0 Å². The molecule has 0 aromatic heterocycles. The van der Waals surface area contributed by atoms with E-state index in [2.05, 4.69) is 6.92 Å². The standard InChI is InChI=1S/C20H26N2O3S/c1-4-5-15-21(2)20(23)18-11-13-19(14-12-18)26(24,25)22(3)16-17-9-7-6-8-10-17/h6-14H,4-5,15-16H2,1-3H3. The van der Waals surface area contributed by atoms with Crippen molar-refractivity contribution in [2.45, 2.75) is 31.2 Å². The summed E-state index contributed by atoms with van der Waals surface area (Å²) in [6.07, 6.45) is 1.96. The Hall–Kier alpha value is -2.18. The lowest BCUT2D eigenvalue weighted by Gasteiger charge is -2.19. The number of unbranched alkanes of at least 4 members (excludes halogenated alkanes) is 1. The monoisotopic (exact) mass is 374 g/mol. The van der Waals surface area contributed by atoms with E-state index in [1.807, 2.05) is 30.3 Å². The van der Waals surface area contributed by atoms with Crippen LogP contribution in [-0.2, 0) is 16.6 Å². The molecular weight excluding hydrogens is 348 g/mol. The predicted molar refractivity (Wildman–Crippen MR) is 103 cm³/mol. The number of carbonyl (C=O) groups excluding carboxylic acids is 1. The van der Waals surface area contributed by atoms with Crippen LogP contribution in [-0.4, -0.2) is 44.2 Å². The molecular formula is C20H26N2O3S. The molecule has 0 heterocycles. The highest BCUT2D eigenvalue weighted by molar-refractivity contribution is 7.89. The van der Waals surface area contributed by atoms with E-state index < -0.39 is 10.0 Å². The van der Waals surface area contributed by atoms with E-state index in [1.54, 1.807) is 31.1 Å². The Balaban J connectivity index is 2.12. The van der Waals surface area contributed by atoms with Gasteiger partial charge in [0, 0.05) is 32.7 Å². The number of hydrogen-bond donors (Lipinski definition) is 0. The second-order valence-corrected chi connectivity index (χ2v) is 8.40. The first-order valence-corrected chi connectivity index (χ1v) is 10.2. The Morgan fingerprint density at radius 2 is 1.58 bits per heavy atom. The summed E-state index contributed by atoms with van der Waals surface area (Å²) in [5.41, 5.74) is 1.41. The summed E-state index contributed by atoms with van der Waals surface area (Å²) in [4.78, 5) is 14.2. The molecule has 140 valence electrons. The van der Waals surface area contributed by atoms with E-state index in [-0.39, 0.29) is 10.8 Å². The first-order valence-electron chi connectivity index (χ1n) is 8.72. The lowest BCUT2D eigenvalue weighted by Crippen LogP contribution is -2.28. The maximum Gasteiger partial charge on any atom is 0.253 e. The zero-order valence-corrected chi connectivity index (χ0v) is 16.4. The molecule has 2 aromatic rings. The molecule has 0 aliphatic heterocycles. The number of rotatable bonds is 8. The largest absolute Gasteiger partial charge is 0.342 e. The number of benzene rings is 2. The fraction of sp³-hybridized carbons (Fsp3) is 0.350.